The summed E-state index contributed by atoms with van der Waals surface area (Å²) in [6.45, 7) is 3.70. The van der Waals surface area contributed by atoms with Crippen molar-refractivity contribution in [2.75, 3.05) is 32.7 Å². The van der Waals surface area contributed by atoms with Crippen LogP contribution in [0.4, 0.5) is 4.79 Å². The molecule has 0 aliphatic carbocycles. The SMILES string of the molecule is Cn1cccc1C(=O)NC1CCN(C(=O)N2C[C@H]3C[C@H](C2)[C@H]2CCCC(=O)N2C3)CC1. The molecule has 8 heteroatoms. The van der Waals surface area contributed by atoms with Gasteiger partial charge in [-0.1, -0.05) is 0 Å². The Labute approximate surface area is 183 Å². The third-order valence-electron chi connectivity index (χ3n) is 7.73. The molecule has 0 unspecified atom stereocenters. The number of aryl methyl sites for hydroxylation is 1. The molecule has 2 bridgehead atoms. The molecule has 0 aromatic carbocycles. The van der Waals surface area contributed by atoms with Gasteiger partial charge < -0.3 is 24.6 Å². The summed E-state index contributed by atoms with van der Waals surface area (Å²) in [5, 5.41) is 3.12. The fourth-order valence-corrected chi connectivity index (χ4v) is 6.14. The number of nitrogens with zero attached hydrogens (tertiary/aromatic N) is 4. The largest absolute Gasteiger partial charge is 0.348 e. The van der Waals surface area contributed by atoms with Crippen LogP contribution >= 0.6 is 0 Å². The lowest BCUT2D eigenvalue weighted by Crippen LogP contribution is -2.62. The molecule has 0 spiro atoms. The van der Waals surface area contributed by atoms with Gasteiger partial charge in [-0.05, 0) is 56.1 Å². The molecule has 31 heavy (non-hydrogen) atoms. The molecule has 4 saturated heterocycles. The molecule has 4 aliphatic heterocycles. The zero-order chi connectivity index (χ0) is 21.5. The number of nitrogens with one attached hydrogen (secondary N) is 1. The zero-order valence-corrected chi connectivity index (χ0v) is 18.3. The summed E-state index contributed by atoms with van der Waals surface area (Å²) in [7, 11) is 1.87. The highest BCUT2D eigenvalue weighted by Crippen LogP contribution is 2.38. The average molecular weight is 428 g/mol. The van der Waals surface area contributed by atoms with E-state index in [-0.39, 0.29) is 18.0 Å². The van der Waals surface area contributed by atoms with Crippen molar-refractivity contribution in [2.24, 2.45) is 18.9 Å². The molecule has 1 aromatic heterocycles. The molecule has 0 radical (unpaired) electrons. The van der Waals surface area contributed by atoms with Crippen LogP contribution < -0.4 is 5.32 Å². The monoisotopic (exact) mass is 427 g/mol. The third-order valence-corrected chi connectivity index (χ3v) is 7.73. The van der Waals surface area contributed by atoms with Crippen LogP contribution in [0.15, 0.2) is 18.3 Å². The van der Waals surface area contributed by atoms with Gasteiger partial charge in [0.1, 0.15) is 5.69 Å². The summed E-state index contributed by atoms with van der Waals surface area (Å²) in [6.07, 6.45) is 7.34. The number of carbonyl (C=O) groups excluding carboxylic acids is 3. The number of fused-ring (bicyclic) bond motifs is 4. The molecule has 168 valence electrons. The number of hydrogen-bond acceptors (Lipinski definition) is 3. The van der Waals surface area contributed by atoms with Crippen LogP contribution in [0, 0.1) is 11.8 Å². The van der Waals surface area contributed by atoms with E-state index in [0.717, 1.165) is 51.7 Å². The van der Waals surface area contributed by atoms with Crippen LogP contribution in [0.5, 0.6) is 0 Å². The van der Waals surface area contributed by atoms with E-state index in [4.69, 9.17) is 0 Å². The van der Waals surface area contributed by atoms with Crippen LogP contribution in [-0.2, 0) is 11.8 Å². The molecule has 8 nitrogen and oxygen atoms in total. The van der Waals surface area contributed by atoms with Crippen molar-refractivity contribution in [1.82, 2.24) is 24.6 Å². The predicted molar refractivity (Wildman–Crippen MR) is 115 cm³/mol. The van der Waals surface area contributed by atoms with E-state index >= 15 is 0 Å². The van der Waals surface area contributed by atoms with Crippen LogP contribution in [0.2, 0.25) is 0 Å². The highest BCUT2D eigenvalue weighted by Gasteiger charge is 2.45. The normalized spacial score (nSPS) is 29.0. The maximum absolute atomic E-state index is 13.2. The lowest BCUT2D eigenvalue weighted by Gasteiger charge is -2.53. The summed E-state index contributed by atoms with van der Waals surface area (Å²) < 4.78 is 1.82. The van der Waals surface area contributed by atoms with Crippen molar-refractivity contribution in [2.45, 2.75) is 50.6 Å². The van der Waals surface area contributed by atoms with Crippen LogP contribution in [0.25, 0.3) is 0 Å². The van der Waals surface area contributed by atoms with Gasteiger partial charge in [0.15, 0.2) is 0 Å². The molecule has 3 atom stereocenters. The first kappa shape index (κ1) is 20.4. The molecule has 4 aliphatic rings. The summed E-state index contributed by atoms with van der Waals surface area (Å²) in [5.41, 5.74) is 0.661. The third kappa shape index (κ3) is 3.92. The van der Waals surface area contributed by atoms with E-state index in [1.54, 1.807) is 0 Å². The van der Waals surface area contributed by atoms with Crippen molar-refractivity contribution < 1.29 is 14.4 Å². The molecule has 1 N–H and O–H groups in total. The summed E-state index contributed by atoms with van der Waals surface area (Å²) in [4.78, 5) is 44.1. The molecular weight excluding hydrogens is 394 g/mol. The Hall–Kier alpha value is -2.51. The van der Waals surface area contributed by atoms with Crippen molar-refractivity contribution in [1.29, 1.82) is 0 Å². The minimum absolute atomic E-state index is 0.0484. The second-order valence-electron chi connectivity index (χ2n) is 9.79. The Morgan fingerprint density at radius 1 is 1.06 bits per heavy atom. The summed E-state index contributed by atoms with van der Waals surface area (Å²) >= 11 is 0. The van der Waals surface area contributed by atoms with Gasteiger partial charge in [0, 0.05) is 64.5 Å². The van der Waals surface area contributed by atoms with Crippen LogP contribution in [-0.4, -0.2) is 81.9 Å². The van der Waals surface area contributed by atoms with E-state index in [9.17, 15) is 14.4 Å². The van der Waals surface area contributed by atoms with Crippen LogP contribution in [0.3, 0.4) is 0 Å². The van der Waals surface area contributed by atoms with E-state index in [2.05, 4.69) is 10.2 Å². The van der Waals surface area contributed by atoms with Crippen molar-refractivity contribution in [3.8, 4) is 0 Å². The van der Waals surface area contributed by atoms with Gasteiger partial charge in [0.05, 0.1) is 0 Å². The molecule has 0 saturated carbocycles. The van der Waals surface area contributed by atoms with Gasteiger partial charge >= 0.3 is 6.03 Å². The Morgan fingerprint density at radius 3 is 2.61 bits per heavy atom. The maximum atomic E-state index is 13.2. The van der Waals surface area contributed by atoms with Gasteiger partial charge in [-0.25, -0.2) is 4.79 Å². The highest BCUT2D eigenvalue weighted by molar-refractivity contribution is 5.92. The topological polar surface area (TPSA) is 77.9 Å². The van der Waals surface area contributed by atoms with E-state index in [1.807, 2.05) is 39.7 Å². The zero-order valence-electron chi connectivity index (χ0n) is 18.3. The van der Waals surface area contributed by atoms with E-state index in [0.29, 0.717) is 49.0 Å². The molecular formula is C23H33N5O3. The molecule has 4 fully saturated rings. The lowest BCUT2D eigenvalue weighted by atomic mass is 9.76. The van der Waals surface area contributed by atoms with Crippen LogP contribution in [0.1, 0.15) is 49.0 Å². The second-order valence-corrected chi connectivity index (χ2v) is 9.79. The fourth-order valence-electron chi connectivity index (χ4n) is 6.14. The number of hydrogen-bond donors (Lipinski definition) is 1. The van der Waals surface area contributed by atoms with Crippen molar-refractivity contribution in [3.05, 3.63) is 24.0 Å². The van der Waals surface area contributed by atoms with Crippen molar-refractivity contribution >= 4 is 17.8 Å². The highest BCUT2D eigenvalue weighted by atomic mass is 16.2. The summed E-state index contributed by atoms with van der Waals surface area (Å²) in [6, 6.07) is 4.26. The lowest BCUT2D eigenvalue weighted by molar-refractivity contribution is -0.144. The van der Waals surface area contributed by atoms with Gasteiger partial charge in [-0.3, -0.25) is 9.59 Å². The first-order valence-corrected chi connectivity index (χ1v) is 11.7. The molecule has 5 rings (SSSR count). The maximum Gasteiger partial charge on any atom is 0.320 e. The van der Waals surface area contributed by atoms with Gasteiger partial charge in [0.25, 0.3) is 5.91 Å². The van der Waals surface area contributed by atoms with E-state index < -0.39 is 0 Å². The van der Waals surface area contributed by atoms with Gasteiger partial charge in [0.2, 0.25) is 5.91 Å². The minimum atomic E-state index is -0.0484. The predicted octanol–water partition coefficient (Wildman–Crippen LogP) is 1.67. The minimum Gasteiger partial charge on any atom is -0.348 e. The fraction of sp³-hybridized carbons (Fsp3) is 0.696. The number of piperidine rings is 4. The standard InChI is InChI=1S/C23H33N5O3/c1-25-9-3-5-20(25)22(30)24-18-7-10-26(11-8-18)23(31)27-13-16-12-17(15-27)19-4-2-6-21(29)28(19)14-16/h3,5,9,16-19H,2,4,6-8,10-15H2,1H3,(H,24,30)/t16-,17-,19-/m1/s1. The Balaban J connectivity index is 1.15. The number of carbonyl (C=O) groups is 3. The number of amides is 4. The average Bonchev–Trinajstić information content (AvgIpc) is 3.20. The quantitative estimate of drug-likeness (QED) is 0.780. The smallest absolute Gasteiger partial charge is 0.320 e. The second kappa shape index (κ2) is 8.20. The van der Waals surface area contributed by atoms with E-state index in [1.165, 1.54) is 0 Å². The molecule has 5 heterocycles. The Morgan fingerprint density at radius 2 is 1.87 bits per heavy atom. The summed E-state index contributed by atoms with van der Waals surface area (Å²) in [5.74, 6) is 1.09. The number of rotatable bonds is 2. The Bertz CT molecular complexity index is 859. The first-order chi connectivity index (χ1) is 15.0. The van der Waals surface area contributed by atoms with Gasteiger partial charge in [-0.2, -0.15) is 0 Å². The number of aromatic nitrogens is 1. The van der Waals surface area contributed by atoms with Gasteiger partial charge in [-0.15, -0.1) is 0 Å². The first-order valence-electron chi connectivity index (χ1n) is 11.7. The number of likely N-dealkylation sites (tertiary alicyclic amines) is 2. The molecule has 1 aromatic rings. The number of urea groups is 1. The van der Waals surface area contributed by atoms with Crippen molar-refractivity contribution in [3.63, 3.8) is 0 Å². The Kier molecular flexibility index (Phi) is 5.40. The molecule has 4 amide bonds.